The highest BCUT2D eigenvalue weighted by Gasteiger charge is 2.14. The summed E-state index contributed by atoms with van der Waals surface area (Å²) in [4.78, 5) is 0. The molecular weight excluding hydrogens is 187 g/mol. The number of hydrogen-bond donors (Lipinski definition) is 0. The van der Waals surface area contributed by atoms with Crippen LogP contribution in [0, 0.1) is 0 Å². The first-order chi connectivity index (χ1) is 4.56. The summed E-state index contributed by atoms with van der Waals surface area (Å²) in [5.41, 5.74) is 1.84. The SMILES string of the molecule is CCOC/C=C/[Si](C)(Cl)Cl. The van der Waals surface area contributed by atoms with Crippen LogP contribution in [0.4, 0.5) is 0 Å². The van der Waals surface area contributed by atoms with Gasteiger partial charge in [-0.3, -0.25) is 0 Å². The third-order valence-corrected chi connectivity index (χ3v) is 2.41. The standard InChI is InChI=1S/C6H12Cl2OSi/c1-3-9-5-4-6-10(2,7)8/h4,6H,3,5H2,1-2H3/b6-4+. The Labute approximate surface area is 72.4 Å². The largest absolute Gasteiger partial charge is 0.378 e. The zero-order valence-corrected chi connectivity index (χ0v) is 8.74. The van der Waals surface area contributed by atoms with Gasteiger partial charge in [0, 0.05) is 6.61 Å². The maximum atomic E-state index is 5.77. The molecule has 0 saturated heterocycles. The second-order valence-electron chi connectivity index (χ2n) is 2.02. The third kappa shape index (κ3) is 8.50. The Balaban J connectivity index is 3.37. The fourth-order valence-corrected chi connectivity index (χ4v) is 1.49. The molecule has 60 valence electrons. The van der Waals surface area contributed by atoms with Crippen LogP contribution in [-0.2, 0) is 4.74 Å². The van der Waals surface area contributed by atoms with Crippen molar-refractivity contribution in [1.29, 1.82) is 0 Å². The highest BCUT2D eigenvalue weighted by molar-refractivity contribution is 7.47. The van der Waals surface area contributed by atoms with Crippen molar-refractivity contribution in [3.63, 3.8) is 0 Å². The average Bonchev–Trinajstić information content (AvgIpc) is 1.78. The van der Waals surface area contributed by atoms with Crippen molar-refractivity contribution >= 4 is 28.9 Å². The molecule has 0 aromatic heterocycles. The Kier molecular flexibility index (Phi) is 5.45. The molecular formula is C6H12Cl2OSi. The Morgan fingerprint density at radius 2 is 2.10 bits per heavy atom. The lowest BCUT2D eigenvalue weighted by Gasteiger charge is -2.01. The number of halogens is 2. The third-order valence-electron chi connectivity index (χ3n) is 0.829. The van der Waals surface area contributed by atoms with Crippen molar-refractivity contribution in [2.75, 3.05) is 13.2 Å². The lowest BCUT2D eigenvalue weighted by Crippen LogP contribution is -2.08. The first-order valence-electron chi connectivity index (χ1n) is 3.19. The van der Waals surface area contributed by atoms with E-state index in [0.717, 1.165) is 6.61 Å². The molecule has 0 unspecified atom stereocenters. The molecule has 4 heteroatoms. The fourth-order valence-electron chi connectivity index (χ4n) is 0.441. The highest BCUT2D eigenvalue weighted by Crippen LogP contribution is 2.14. The van der Waals surface area contributed by atoms with Gasteiger partial charge in [0.15, 0.2) is 0 Å². The Morgan fingerprint density at radius 1 is 1.50 bits per heavy atom. The van der Waals surface area contributed by atoms with Crippen LogP contribution in [0.5, 0.6) is 0 Å². The molecule has 0 aromatic carbocycles. The van der Waals surface area contributed by atoms with Crippen LogP contribution < -0.4 is 0 Å². The summed E-state index contributed by atoms with van der Waals surface area (Å²) in [6.07, 6.45) is 1.87. The molecule has 0 aliphatic heterocycles. The van der Waals surface area contributed by atoms with Gasteiger partial charge in [-0.1, -0.05) is 11.8 Å². The fraction of sp³-hybridized carbons (Fsp3) is 0.667. The molecule has 0 radical (unpaired) electrons. The van der Waals surface area contributed by atoms with E-state index in [-0.39, 0.29) is 0 Å². The van der Waals surface area contributed by atoms with Crippen molar-refractivity contribution in [3.05, 3.63) is 11.8 Å². The Hall–Kier alpha value is 0.497. The molecule has 0 aromatic rings. The summed E-state index contributed by atoms with van der Waals surface area (Å²) in [7, 11) is 0. The molecule has 10 heavy (non-hydrogen) atoms. The van der Waals surface area contributed by atoms with Crippen LogP contribution in [-0.4, -0.2) is 19.9 Å². The first-order valence-corrected chi connectivity index (χ1v) is 7.79. The van der Waals surface area contributed by atoms with Gasteiger partial charge >= 0.3 is 0 Å². The van der Waals surface area contributed by atoms with Gasteiger partial charge in [0.1, 0.15) is 0 Å². The number of hydrogen-bond acceptors (Lipinski definition) is 1. The lowest BCUT2D eigenvalue weighted by atomic mass is 10.7. The normalized spacial score (nSPS) is 12.8. The molecule has 0 spiro atoms. The molecule has 0 heterocycles. The van der Waals surface area contributed by atoms with Crippen LogP contribution in [0.3, 0.4) is 0 Å². The van der Waals surface area contributed by atoms with E-state index in [1.165, 1.54) is 0 Å². The van der Waals surface area contributed by atoms with Crippen molar-refractivity contribution in [1.82, 2.24) is 0 Å². The molecule has 0 aliphatic rings. The maximum Gasteiger partial charge on any atom is 0.270 e. The molecule has 0 N–H and O–H groups in total. The number of ether oxygens (including phenoxy) is 1. The average molecular weight is 199 g/mol. The van der Waals surface area contributed by atoms with E-state index >= 15 is 0 Å². The number of rotatable bonds is 4. The van der Waals surface area contributed by atoms with E-state index in [1.807, 2.05) is 25.2 Å². The van der Waals surface area contributed by atoms with Crippen molar-refractivity contribution in [2.24, 2.45) is 0 Å². The van der Waals surface area contributed by atoms with Gasteiger partial charge in [0.05, 0.1) is 6.61 Å². The van der Waals surface area contributed by atoms with Crippen molar-refractivity contribution < 1.29 is 4.74 Å². The molecule has 0 rings (SSSR count). The van der Waals surface area contributed by atoms with Crippen molar-refractivity contribution in [2.45, 2.75) is 13.5 Å². The van der Waals surface area contributed by atoms with E-state index in [0.29, 0.717) is 6.61 Å². The summed E-state index contributed by atoms with van der Waals surface area (Å²) >= 11 is 11.5. The summed E-state index contributed by atoms with van der Waals surface area (Å²) in [6, 6.07) is 0. The maximum absolute atomic E-state index is 5.77. The van der Waals surface area contributed by atoms with Gasteiger partial charge in [0.2, 0.25) is 0 Å². The van der Waals surface area contributed by atoms with Gasteiger partial charge in [-0.25, -0.2) is 0 Å². The Bertz CT molecular complexity index is 109. The minimum atomic E-state index is -2.02. The van der Waals surface area contributed by atoms with E-state index in [9.17, 15) is 0 Å². The van der Waals surface area contributed by atoms with Crippen LogP contribution in [0.25, 0.3) is 0 Å². The van der Waals surface area contributed by atoms with Crippen LogP contribution >= 0.6 is 22.2 Å². The van der Waals surface area contributed by atoms with Gasteiger partial charge < -0.3 is 4.74 Å². The predicted octanol–water partition coefficient (Wildman–Crippen LogP) is 2.67. The molecule has 0 saturated carbocycles. The second-order valence-corrected chi connectivity index (χ2v) is 9.56. The zero-order chi connectivity index (χ0) is 8.04. The van der Waals surface area contributed by atoms with Crippen molar-refractivity contribution in [3.8, 4) is 0 Å². The van der Waals surface area contributed by atoms with E-state index in [1.54, 1.807) is 0 Å². The second kappa shape index (κ2) is 5.19. The first kappa shape index (κ1) is 10.5. The molecule has 0 atom stereocenters. The van der Waals surface area contributed by atoms with Crippen LogP contribution in [0.2, 0.25) is 6.55 Å². The minimum Gasteiger partial charge on any atom is -0.378 e. The smallest absolute Gasteiger partial charge is 0.270 e. The molecule has 0 aliphatic carbocycles. The van der Waals surface area contributed by atoms with E-state index in [4.69, 9.17) is 26.9 Å². The van der Waals surface area contributed by atoms with Gasteiger partial charge in [-0.2, -0.15) is 0 Å². The quantitative estimate of drug-likeness (QED) is 0.384. The zero-order valence-electron chi connectivity index (χ0n) is 6.23. The van der Waals surface area contributed by atoms with Gasteiger partial charge in [-0.05, 0) is 13.5 Å². The van der Waals surface area contributed by atoms with Gasteiger partial charge in [-0.15, -0.1) is 22.2 Å². The highest BCUT2D eigenvalue weighted by atomic mass is 35.7. The molecule has 0 fully saturated rings. The topological polar surface area (TPSA) is 9.23 Å². The van der Waals surface area contributed by atoms with Crippen LogP contribution in [0.15, 0.2) is 11.8 Å². The Morgan fingerprint density at radius 3 is 2.50 bits per heavy atom. The predicted molar refractivity (Wildman–Crippen MR) is 49.0 cm³/mol. The lowest BCUT2D eigenvalue weighted by molar-refractivity contribution is 0.177. The van der Waals surface area contributed by atoms with Crippen LogP contribution in [0.1, 0.15) is 6.92 Å². The molecule has 0 amide bonds. The summed E-state index contributed by atoms with van der Waals surface area (Å²) in [5, 5.41) is 0. The molecule has 1 nitrogen and oxygen atoms in total. The van der Waals surface area contributed by atoms with Gasteiger partial charge in [0.25, 0.3) is 6.69 Å². The van der Waals surface area contributed by atoms with E-state index < -0.39 is 6.69 Å². The summed E-state index contributed by atoms with van der Waals surface area (Å²) in [6.45, 7) is 3.11. The summed E-state index contributed by atoms with van der Waals surface area (Å²) < 4.78 is 5.05. The monoisotopic (exact) mass is 198 g/mol. The summed E-state index contributed by atoms with van der Waals surface area (Å²) in [5.74, 6) is 0. The minimum absolute atomic E-state index is 0.610. The molecule has 0 bridgehead atoms. The van der Waals surface area contributed by atoms with E-state index in [2.05, 4.69) is 0 Å².